The summed E-state index contributed by atoms with van der Waals surface area (Å²) >= 11 is 0. The fourth-order valence-corrected chi connectivity index (χ4v) is 6.51. The molecule has 9 heteroatoms. The van der Waals surface area contributed by atoms with Crippen LogP contribution in [-0.4, -0.2) is 66.8 Å². The smallest absolute Gasteiger partial charge is 0.254 e. The number of carbonyl (C=O) groups is 2. The maximum absolute atomic E-state index is 13.5. The van der Waals surface area contributed by atoms with Gasteiger partial charge in [-0.2, -0.15) is 4.31 Å². The molecule has 0 heterocycles. The zero-order valence-corrected chi connectivity index (χ0v) is 25.6. The van der Waals surface area contributed by atoms with Gasteiger partial charge < -0.3 is 15.3 Å². The van der Waals surface area contributed by atoms with Crippen LogP contribution < -0.4 is 5.32 Å². The van der Waals surface area contributed by atoms with Crippen LogP contribution in [0.15, 0.2) is 89.8 Å². The van der Waals surface area contributed by atoms with Crippen molar-refractivity contribution in [3.63, 3.8) is 0 Å². The van der Waals surface area contributed by atoms with E-state index in [0.29, 0.717) is 44.5 Å². The third-order valence-electron chi connectivity index (χ3n) is 6.94. The maximum atomic E-state index is 13.5. The molecule has 0 fully saturated rings. The minimum Gasteiger partial charge on any atom is -0.395 e. The van der Waals surface area contributed by atoms with Crippen LogP contribution in [0.2, 0.25) is 0 Å². The van der Waals surface area contributed by atoms with Gasteiger partial charge in [0.2, 0.25) is 15.9 Å². The van der Waals surface area contributed by atoms with Gasteiger partial charge in [0.1, 0.15) is 6.54 Å². The molecule has 0 saturated heterocycles. The van der Waals surface area contributed by atoms with Crippen molar-refractivity contribution in [3.8, 4) is 0 Å². The van der Waals surface area contributed by atoms with E-state index in [1.54, 1.807) is 48.5 Å². The summed E-state index contributed by atoms with van der Waals surface area (Å²) in [6.45, 7) is 6.41. The van der Waals surface area contributed by atoms with Gasteiger partial charge in [-0.1, -0.05) is 86.5 Å². The number of nitrogens with zero attached hydrogens (tertiary/aromatic N) is 2. The Hall–Kier alpha value is -3.53. The van der Waals surface area contributed by atoms with Crippen LogP contribution in [-0.2, 0) is 21.4 Å². The van der Waals surface area contributed by atoms with Gasteiger partial charge in [-0.25, -0.2) is 8.42 Å². The second-order valence-electron chi connectivity index (χ2n) is 11.0. The van der Waals surface area contributed by atoms with Gasteiger partial charge in [-0.05, 0) is 55.5 Å². The summed E-state index contributed by atoms with van der Waals surface area (Å²) in [6, 6.07) is 24.6. The molecule has 3 aromatic rings. The van der Waals surface area contributed by atoms with Crippen LogP contribution in [0.25, 0.3) is 0 Å². The number of hydrogen-bond donors (Lipinski definition) is 2. The Bertz CT molecular complexity index is 1360. The van der Waals surface area contributed by atoms with Crippen molar-refractivity contribution in [2.75, 3.05) is 26.2 Å². The quantitative estimate of drug-likeness (QED) is 0.236. The predicted molar refractivity (Wildman–Crippen MR) is 165 cm³/mol. The molecule has 0 aliphatic carbocycles. The Balaban J connectivity index is 1.56. The Labute approximate surface area is 250 Å². The summed E-state index contributed by atoms with van der Waals surface area (Å²) in [5, 5.41) is 13.1. The maximum Gasteiger partial charge on any atom is 0.254 e. The van der Waals surface area contributed by atoms with E-state index in [-0.39, 0.29) is 35.8 Å². The number of nitrogens with one attached hydrogen (secondary N) is 1. The number of aliphatic hydroxyl groups is 1. The third kappa shape index (κ3) is 9.79. The van der Waals surface area contributed by atoms with Crippen molar-refractivity contribution in [2.24, 2.45) is 5.92 Å². The third-order valence-corrected chi connectivity index (χ3v) is 8.87. The highest BCUT2D eigenvalue weighted by molar-refractivity contribution is 7.89. The predicted octanol–water partition coefficient (Wildman–Crippen LogP) is 4.63. The number of unbranched alkanes of at least 4 members (excludes halogenated alkanes) is 1. The molecule has 0 bridgehead atoms. The van der Waals surface area contributed by atoms with Crippen molar-refractivity contribution < 1.29 is 23.1 Å². The summed E-state index contributed by atoms with van der Waals surface area (Å²) in [4.78, 5) is 27.8. The van der Waals surface area contributed by atoms with E-state index in [4.69, 9.17) is 0 Å². The molecule has 2 N–H and O–H groups in total. The highest BCUT2D eigenvalue weighted by Gasteiger charge is 2.31. The van der Waals surface area contributed by atoms with Crippen molar-refractivity contribution >= 4 is 21.8 Å². The Kier molecular flexibility index (Phi) is 12.7. The van der Waals surface area contributed by atoms with Crippen LogP contribution in [0.5, 0.6) is 0 Å². The topological polar surface area (TPSA) is 107 Å². The van der Waals surface area contributed by atoms with Crippen molar-refractivity contribution in [1.29, 1.82) is 0 Å². The Morgan fingerprint density at radius 1 is 0.881 bits per heavy atom. The lowest BCUT2D eigenvalue weighted by Gasteiger charge is -2.31. The van der Waals surface area contributed by atoms with Gasteiger partial charge in [-0.3, -0.25) is 9.59 Å². The van der Waals surface area contributed by atoms with E-state index in [0.717, 1.165) is 11.1 Å². The molecular formula is C33H43N3O5S. The van der Waals surface area contributed by atoms with Gasteiger partial charge in [0.15, 0.2) is 0 Å². The minimum absolute atomic E-state index is 0.0796. The van der Waals surface area contributed by atoms with Gasteiger partial charge in [-0.15, -0.1) is 0 Å². The summed E-state index contributed by atoms with van der Waals surface area (Å²) in [6.07, 6.45) is 1.67. The van der Waals surface area contributed by atoms with E-state index in [1.165, 1.54) is 9.21 Å². The number of carbonyl (C=O) groups excluding carboxylic acids is 2. The van der Waals surface area contributed by atoms with E-state index in [1.807, 2.05) is 57.2 Å². The minimum atomic E-state index is -3.78. The van der Waals surface area contributed by atoms with E-state index >= 15 is 0 Å². The number of hydrogen-bond acceptors (Lipinski definition) is 5. The second kappa shape index (κ2) is 16.2. The lowest BCUT2D eigenvalue weighted by atomic mass is 10.1. The number of rotatable bonds is 16. The largest absolute Gasteiger partial charge is 0.395 e. The average Bonchev–Trinajstić information content (AvgIpc) is 2.98. The summed E-state index contributed by atoms with van der Waals surface area (Å²) < 4.78 is 28.4. The summed E-state index contributed by atoms with van der Waals surface area (Å²) in [5.41, 5.74) is 2.41. The molecule has 42 heavy (non-hydrogen) atoms. The molecule has 0 radical (unpaired) electrons. The second-order valence-corrected chi connectivity index (χ2v) is 12.9. The van der Waals surface area contributed by atoms with Gasteiger partial charge in [0, 0.05) is 31.2 Å². The molecule has 226 valence electrons. The van der Waals surface area contributed by atoms with Crippen molar-refractivity contribution in [1.82, 2.24) is 14.5 Å². The standard InChI is InChI=1S/C33H43N3O5S/c1-26(2)22-36(42(40,41)31-19-17-27(3)18-20-31)30(25-37)16-10-11-21-34-32(38)24-35(23-28-12-6-4-7-13-28)33(39)29-14-8-5-9-15-29/h4-9,12-15,17-20,26,30,37H,10-11,16,21-25H2,1-3H3,(H,34,38)/t30-/m0/s1. The number of aryl methyl sites for hydroxylation is 1. The fourth-order valence-electron chi connectivity index (χ4n) is 4.70. The van der Waals surface area contributed by atoms with Gasteiger partial charge >= 0.3 is 0 Å². The molecule has 0 saturated carbocycles. The first kappa shape index (κ1) is 33.0. The highest BCUT2D eigenvalue weighted by Crippen LogP contribution is 2.23. The average molecular weight is 594 g/mol. The zero-order valence-electron chi connectivity index (χ0n) is 24.8. The van der Waals surface area contributed by atoms with E-state index < -0.39 is 16.1 Å². The molecule has 8 nitrogen and oxygen atoms in total. The lowest BCUT2D eigenvalue weighted by molar-refractivity contribution is -0.121. The fraction of sp³-hybridized carbons (Fsp3) is 0.394. The Morgan fingerprint density at radius 3 is 2.10 bits per heavy atom. The van der Waals surface area contributed by atoms with Crippen LogP contribution in [0, 0.1) is 12.8 Å². The van der Waals surface area contributed by atoms with E-state index in [9.17, 15) is 23.1 Å². The molecule has 0 aliphatic rings. The SMILES string of the molecule is Cc1ccc(S(=O)(=O)N(CC(C)C)[C@H](CO)CCCCNC(=O)CN(Cc2ccccc2)C(=O)c2ccccc2)cc1. The highest BCUT2D eigenvalue weighted by atomic mass is 32.2. The lowest BCUT2D eigenvalue weighted by Crippen LogP contribution is -2.44. The van der Waals surface area contributed by atoms with Crippen LogP contribution in [0.1, 0.15) is 54.6 Å². The number of aliphatic hydroxyl groups excluding tert-OH is 1. The van der Waals surface area contributed by atoms with Gasteiger partial charge in [0.25, 0.3) is 5.91 Å². The molecular weight excluding hydrogens is 550 g/mol. The zero-order chi connectivity index (χ0) is 30.5. The molecule has 0 spiro atoms. The molecule has 0 aromatic heterocycles. The number of amides is 2. The van der Waals surface area contributed by atoms with Crippen molar-refractivity contribution in [3.05, 3.63) is 102 Å². The van der Waals surface area contributed by atoms with Crippen LogP contribution >= 0.6 is 0 Å². The van der Waals surface area contributed by atoms with Gasteiger partial charge in [0.05, 0.1) is 11.5 Å². The van der Waals surface area contributed by atoms with Crippen LogP contribution in [0.3, 0.4) is 0 Å². The summed E-state index contributed by atoms with van der Waals surface area (Å²) in [7, 11) is -3.78. The molecule has 1 atom stereocenters. The van der Waals surface area contributed by atoms with E-state index in [2.05, 4.69) is 5.32 Å². The molecule has 3 aromatic carbocycles. The Morgan fingerprint density at radius 2 is 1.50 bits per heavy atom. The molecule has 0 unspecified atom stereocenters. The molecule has 0 aliphatic heterocycles. The van der Waals surface area contributed by atoms with Crippen molar-refractivity contribution in [2.45, 2.75) is 57.5 Å². The monoisotopic (exact) mass is 593 g/mol. The normalized spacial score (nSPS) is 12.3. The first-order valence-electron chi connectivity index (χ1n) is 14.5. The summed E-state index contributed by atoms with van der Waals surface area (Å²) in [5.74, 6) is -0.409. The molecule has 2 amide bonds. The number of sulfonamides is 1. The van der Waals surface area contributed by atoms with Crippen LogP contribution in [0.4, 0.5) is 0 Å². The number of benzene rings is 3. The first-order valence-corrected chi connectivity index (χ1v) is 15.9. The first-order chi connectivity index (χ1) is 20.1. The molecule has 3 rings (SSSR count).